The molecule has 0 spiro atoms. The van der Waals surface area contributed by atoms with Gasteiger partial charge in [0.25, 0.3) is 0 Å². The van der Waals surface area contributed by atoms with E-state index in [9.17, 15) is 5.11 Å². The fraction of sp³-hybridized carbons (Fsp3) is 0.273. The number of hydrogen-bond acceptors (Lipinski definition) is 2. The summed E-state index contributed by atoms with van der Waals surface area (Å²) < 4.78 is 5.08. The fourth-order valence-electron chi connectivity index (χ4n) is 1.17. The van der Waals surface area contributed by atoms with Gasteiger partial charge in [-0.3, -0.25) is 0 Å². The third-order valence-corrected chi connectivity index (χ3v) is 1.89. The standard InChI is InChI=1S/C11H12O2/c1-4-10(12)9-5-6-11(13-3)8(2)7-9/h1,5-7,10,12H,2-3H3. The first-order valence-electron chi connectivity index (χ1n) is 3.97. The second-order valence-electron chi connectivity index (χ2n) is 2.80. The third-order valence-electron chi connectivity index (χ3n) is 1.89. The first kappa shape index (κ1) is 9.63. The summed E-state index contributed by atoms with van der Waals surface area (Å²) in [4.78, 5) is 0. The Morgan fingerprint density at radius 3 is 2.69 bits per heavy atom. The molecule has 0 bridgehead atoms. The SMILES string of the molecule is C#CC(O)c1ccc(OC)c(C)c1. The van der Waals surface area contributed by atoms with Gasteiger partial charge in [-0.15, -0.1) is 6.42 Å². The molecule has 1 aromatic rings. The quantitative estimate of drug-likeness (QED) is 0.694. The van der Waals surface area contributed by atoms with Crippen molar-refractivity contribution >= 4 is 0 Å². The molecule has 2 heteroatoms. The number of hydrogen-bond donors (Lipinski definition) is 1. The highest BCUT2D eigenvalue weighted by Gasteiger charge is 2.05. The zero-order valence-electron chi connectivity index (χ0n) is 7.74. The van der Waals surface area contributed by atoms with Gasteiger partial charge >= 0.3 is 0 Å². The van der Waals surface area contributed by atoms with E-state index in [0.717, 1.165) is 16.9 Å². The molecule has 1 N–H and O–H groups in total. The van der Waals surface area contributed by atoms with Crippen molar-refractivity contribution in [1.82, 2.24) is 0 Å². The van der Waals surface area contributed by atoms with Gasteiger partial charge in [0.15, 0.2) is 0 Å². The molecule has 1 aromatic carbocycles. The van der Waals surface area contributed by atoms with Gasteiger partial charge in [-0.2, -0.15) is 0 Å². The van der Waals surface area contributed by atoms with Crippen LogP contribution in [0.3, 0.4) is 0 Å². The van der Waals surface area contributed by atoms with Crippen molar-refractivity contribution in [3.8, 4) is 18.1 Å². The maximum Gasteiger partial charge on any atom is 0.139 e. The summed E-state index contributed by atoms with van der Waals surface area (Å²) in [7, 11) is 1.61. The van der Waals surface area contributed by atoms with E-state index < -0.39 is 6.10 Å². The Bertz CT molecular complexity index is 336. The second-order valence-corrected chi connectivity index (χ2v) is 2.80. The van der Waals surface area contributed by atoms with E-state index in [1.807, 2.05) is 13.0 Å². The molecule has 0 aliphatic carbocycles. The van der Waals surface area contributed by atoms with Gasteiger partial charge in [-0.1, -0.05) is 12.0 Å². The van der Waals surface area contributed by atoms with E-state index in [1.165, 1.54) is 0 Å². The first-order chi connectivity index (χ1) is 6.19. The van der Waals surface area contributed by atoms with Crippen LogP contribution in [0.15, 0.2) is 18.2 Å². The summed E-state index contributed by atoms with van der Waals surface area (Å²) in [6.07, 6.45) is 4.26. The molecule has 1 rings (SSSR count). The zero-order valence-corrected chi connectivity index (χ0v) is 7.74. The minimum Gasteiger partial charge on any atom is -0.496 e. The highest BCUT2D eigenvalue weighted by molar-refractivity contribution is 5.38. The molecule has 0 saturated carbocycles. The lowest BCUT2D eigenvalue weighted by atomic mass is 10.1. The smallest absolute Gasteiger partial charge is 0.139 e. The van der Waals surface area contributed by atoms with E-state index in [-0.39, 0.29) is 0 Å². The van der Waals surface area contributed by atoms with Gasteiger partial charge in [-0.25, -0.2) is 0 Å². The topological polar surface area (TPSA) is 29.5 Å². The predicted molar refractivity (Wildman–Crippen MR) is 51.5 cm³/mol. The molecule has 0 fully saturated rings. The molecule has 68 valence electrons. The summed E-state index contributed by atoms with van der Waals surface area (Å²) in [6, 6.07) is 5.38. The van der Waals surface area contributed by atoms with Gasteiger partial charge in [0.1, 0.15) is 11.9 Å². The average molecular weight is 176 g/mol. The molecule has 0 amide bonds. The second kappa shape index (κ2) is 3.97. The van der Waals surface area contributed by atoms with Crippen LogP contribution in [0.4, 0.5) is 0 Å². The van der Waals surface area contributed by atoms with E-state index in [4.69, 9.17) is 11.2 Å². The van der Waals surface area contributed by atoms with Crippen LogP contribution in [0.5, 0.6) is 5.75 Å². The minimum atomic E-state index is -0.829. The minimum absolute atomic E-state index is 0.723. The van der Waals surface area contributed by atoms with Crippen molar-refractivity contribution in [3.63, 3.8) is 0 Å². The van der Waals surface area contributed by atoms with Crippen molar-refractivity contribution in [2.75, 3.05) is 7.11 Å². The van der Waals surface area contributed by atoms with Crippen molar-refractivity contribution in [2.24, 2.45) is 0 Å². The third kappa shape index (κ3) is 2.01. The van der Waals surface area contributed by atoms with Crippen LogP contribution in [0.1, 0.15) is 17.2 Å². The van der Waals surface area contributed by atoms with Crippen molar-refractivity contribution < 1.29 is 9.84 Å². The highest BCUT2D eigenvalue weighted by atomic mass is 16.5. The van der Waals surface area contributed by atoms with Gasteiger partial charge in [0.05, 0.1) is 7.11 Å². The Morgan fingerprint density at radius 1 is 1.54 bits per heavy atom. The largest absolute Gasteiger partial charge is 0.496 e. The van der Waals surface area contributed by atoms with Crippen molar-refractivity contribution in [1.29, 1.82) is 0 Å². The Labute approximate surface area is 78.2 Å². The molecule has 0 aliphatic heterocycles. The van der Waals surface area contributed by atoms with Crippen molar-refractivity contribution in [3.05, 3.63) is 29.3 Å². The lowest BCUT2D eigenvalue weighted by Crippen LogP contribution is -1.95. The maximum atomic E-state index is 9.34. The van der Waals surface area contributed by atoms with Crippen LogP contribution < -0.4 is 4.74 Å². The number of terminal acetylenes is 1. The number of rotatable bonds is 2. The van der Waals surface area contributed by atoms with Crippen LogP contribution in [0.25, 0.3) is 0 Å². The Hall–Kier alpha value is -1.46. The molecule has 2 nitrogen and oxygen atoms in total. The van der Waals surface area contributed by atoms with Gasteiger partial charge in [0.2, 0.25) is 0 Å². The zero-order chi connectivity index (χ0) is 9.84. The van der Waals surface area contributed by atoms with E-state index >= 15 is 0 Å². The molecular formula is C11H12O2. The van der Waals surface area contributed by atoms with Crippen LogP contribution in [0, 0.1) is 19.3 Å². The first-order valence-corrected chi connectivity index (χ1v) is 3.97. The normalized spacial score (nSPS) is 11.8. The Morgan fingerprint density at radius 2 is 2.23 bits per heavy atom. The number of ether oxygens (including phenoxy) is 1. The van der Waals surface area contributed by atoms with Gasteiger partial charge in [0, 0.05) is 0 Å². The van der Waals surface area contributed by atoms with E-state index in [0.29, 0.717) is 0 Å². The van der Waals surface area contributed by atoms with Crippen molar-refractivity contribution in [2.45, 2.75) is 13.0 Å². The van der Waals surface area contributed by atoms with Crippen LogP contribution >= 0.6 is 0 Å². The molecule has 1 unspecified atom stereocenters. The molecule has 0 aliphatic rings. The lowest BCUT2D eigenvalue weighted by Gasteiger charge is -2.08. The number of aryl methyl sites for hydroxylation is 1. The summed E-state index contributed by atoms with van der Waals surface area (Å²) >= 11 is 0. The van der Waals surface area contributed by atoms with Gasteiger partial charge < -0.3 is 9.84 Å². The van der Waals surface area contributed by atoms with Crippen LogP contribution in [0.2, 0.25) is 0 Å². The Kier molecular flexibility index (Phi) is 2.94. The molecule has 13 heavy (non-hydrogen) atoms. The number of aliphatic hydroxyl groups excluding tert-OH is 1. The predicted octanol–water partition coefficient (Wildman–Crippen LogP) is 1.67. The van der Waals surface area contributed by atoms with Gasteiger partial charge in [-0.05, 0) is 30.2 Å². The molecule has 1 atom stereocenters. The van der Waals surface area contributed by atoms with E-state index in [2.05, 4.69) is 5.92 Å². The summed E-state index contributed by atoms with van der Waals surface area (Å²) in [6.45, 7) is 1.91. The molecule has 0 saturated heterocycles. The highest BCUT2D eigenvalue weighted by Crippen LogP contribution is 2.21. The summed E-state index contributed by atoms with van der Waals surface area (Å²) in [5.74, 6) is 3.06. The fourth-order valence-corrected chi connectivity index (χ4v) is 1.17. The lowest BCUT2D eigenvalue weighted by molar-refractivity contribution is 0.238. The van der Waals surface area contributed by atoms with Crippen LogP contribution in [-0.2, 0) is 0 Å². The molecular weight excluding hydrogens is 164 g/mol. The number of methoxy groups -OCH3 is 1. The summed E-state index contributed by atoms with van der Waals surface area (Å²) in [5.41, 5.74) is 1.69. The average Bonchev–Trinajstić information content (AvgIpc) is 2.16. The monoisotopic (exact) mass is 176 g/mol. The number of aliphatic hydroxyl groups is 1. The molecule has 0 heterocycles. The Balaban J connectivity index is 3.04. The summed E-state index contributed by atoms with van der Waals surface area (Å²) in [5, 5.41) is 9.34. The maximum absolute atomic E-state index is 9.34. The number of benzene rings is 1. The molecule has 0 aromatic heterocycles. The van der Waals surface area contributed by atoms with E-state index in [1.54, 1.807) is 19.2 Å². The van der Waals surface area contributed by atoms with Crippen LogP contribution in [-0.4, -0.2) is 12.2 Å². The molecule has 0 radical (unpaired) electrons.